The molecule has 0 fully saturated rings. The molecule has 3 aromatic rings. The summed E-state index contributed by atoms with van der Waals surface area (Å²) >= 11 is 0. The van der Waals surface area contributed by atoms with Crippen molar-refractivity contribution in [2.75, 3.05) is 63.9 Å². The zero-order valence-corrected chi connectivity index (χ0v) is 25.1. The minimum absolute atomic E-state index is 0.0651. The summed E-state index contributed by atoms with van der Waals surface area (Å²) in [6.45, 7) is 0.701. The molecule has 0 aliphatic carbocycles. The Morgan fingerprint density at radius 3 is 2.19 bits per heavy atom. The average molecular weight is 584 g/mol. The Kier molecular flexibility index (Phi) is 9.95. The molecule has 224 valence electrons. The molecule has 0 bridgehead atoms. The summed E-state index contributed by atoms with van der Waals surface area (Å²) in [4.78, 5) is 56.1. The smallest absolute Gasteiger partial charge is 0.337 e. The molecule has 0 spiro atoms. The molecule has 43 heavy (non-hydrogen) atoms. The van der Waals surface area contributed by atoms with Crippen LogP contribution in [-0.2, 0) is 19.1 Å². The largest absolute Gasteiger partial charge is 0.465 e. The van der Waals surface area contributed by atoms with E-state index in [1.54, 1.807) is 44.4 Å². The molecule has 2 N–H and O–H groups in total. The van der Waals surface area contributed by atoms with Crippen molar-refractivity contribution in [3.63, 3.8) is 0 Å². The van der Waals surface area contributed by atoms with Crippen LogP contribution in [0.4, 0.5) is 17.1 Å². The fourth-order valence-corrected chi connectivity index (χ4v) is 4.70. The number of fused-ring (bicyclic) bond motifs is 1. The number of likely N-dealkylation sites (N-methyl/N-ethyl adjacent to an activating group) is 1. The summed E-state index contributed by atoms with van der Waals surface area (Å²) in [7, 11) is 8.54. The Hall–Kier alpha value is -4.96. The van der Waals surface area contributed by atoms with Gasteiger partial charge in [0, 0.05) is 37.5 Å². The average Bonchev–Trinajstić information content (AvgIpc) is 3.33. The molecule has 0 saturated carbocycles. The fourth-order valence-electron chi connectivity index (χ4n) is 4.70. The van der Waals surface area contributed by atoms with Gasteiger partial charge < -0.3 is 30.1 Å². The van der Waals surface area contributed by atoms with Crippen molar-refractivity contribution in [3.05, 3.63) is 89.5 Å². The van der Waals surface area contributed by atoms with Crippen LogP contribution in [0.1, 0.15) is 34.3 Å². The van der Waals surface area contributed by atoms with E-state index in [1.807, 2.05) is 61.5 Å². The SMILES string of the molecule is COC(=O)c1ccc2c(c1)NC(=O)/C2=C(\Nc1ccc(N(CC(=O)N(C)C)C(=O)CCCN(C)C)cc1)c1ccccc1. The lowest BCUT2D eigenvalue weighted by Gasteiger charge is -2.25. The highest BCUT2D eigenvalue weighted by molar-refractivity contribution is 6.37. The topological polar surface area (TPSA) is 111 Å². The lowest BCUT2D eigenvalue weighted by molar-refractivity contribution is -0.129. The number of amides is 3. The molecular weight excluding hydrogens is 546 g/mol. The van der Waals surface area contributed by atoms with Crippen molar-refractivity contribution in [1.29, 1.82) is 0 Å². The Labute approximate surface area is 251 Å². The van der Waals surface area contributed by atoms with Gasteiger partial charge in [-0.2, -0.15) is 0 Å². The van der Waals surface area contributed by atoms with Gasteiger partial charge in [-0.25, -0.2) is 4.79 Å². The van der Waals surface area contributed by atoms with Gasteiger partial charge in [0.2, 0.25) is 11.8 Å². The van der Waals surface area contributed by atoms with E-state index in [4.69, 9.17) is 4.74 Å². The van der Waals surface area contributed by atoms with E-state index in [9.17, 15) is 19.2 Å². The van der Waals surface area contributed by atoms with Gasteiger partial charge in [-0.1, -0.05) is 36.4 Å². The molecule has 3 aromatic carbocycles. The first-order chi connectivity index (χ1) is 20.6. The second kappa shape index (κ2) is 13.8. The molecule has 0 atom stereocenters. The van der Waals surface area contributed by atoms with E-state index in [2.05, 4.69) is 10.6 Å². The molecular formula is C33H37N5O5. The third-order valence-electron chi connectivity index (χ3n) is 7.04. The Bertz CT molecular complexity index is 1530. The minimum atomic E-state index is -0.492. The summed E-state index contributed by atoms with van der Waals surface area (Å²) in [5.41, 5.74) is 4.58. The van der Waals surface area contributed by atoms with Crippen molar-refractivity contribution in [1.82, 2.24) is 9.80 Å². The predicted octanol–water partition coefficient (Wildman–Crippen LogP) is 4.17. The summed E-state index contributed by atoms with van der Waals surface area (Å²) in [5.74, 6) is -1.11. The van der Waals surface area contributed by atoms with E-state index in [0.717, 1.165) is 12.1 Å². The van der Waals surface area contributed by atoms with Gasteiger partial charge in [-0.15, -0.1) is 0 Å². The molecule has 1 heterocycles. The zero-order valence-electron chi connectivity index (χ0n) is 25.1. The van der Waals surface area contributed by atoms with Crippen LogP contribution in [0.15, 0.2) is 72.8 Å². The van der Waals surface area contributed by atoms with Gasteiger partial charge in [0.1, 0.15) is 6.54 Å². The van der Waals surface area contributed by atoms with Crippen LogP contribution in [0.2, 0.25) is 0 Å². The molecule has 10 nitrogen and oxygen atoms in total. The van der Waals surface area contributed by atoms with E-state index < -0.39 is 5.97 Å². The third kappa shape index (κ3) is 7.47. The van der Waals surface area contributed by atoms with E-state index in [0.29, 0.717) is 52.3 Å². The van der Waals surface area contributed by atoms with Crippen molar-refractivity contribution in [3.8, 4) is 0 Å². The molecule has 3 amide bonds. The van der Waals surface area contributed by atoms with Gasteiger partial charge in [-0.3, -0.25) is 14.4 Å². The highest BCUT2D eigenvalue weighted by Crippen LogP contribution is 2.38. The molecule has 0 unspecified atom stereocenters. The fraction of sp³-hybridized carbons (Fsp3) is 0.273. The Morgan fingerprint density at radius 1 is 0.860 bits per heavy atom. The normalized spacial score (nSPS) is 13.2. The number of rotatable bonds is 11. The van der Waals surface area contributed by atoms with Gasteiger partial charge in [-0.05, 0) is 69.0 Å². The van der Waals surface area contributed by atoms with Gasteiger partial charge in [0.05, 0.1) is 29.6 Å². The molecule has 0 radical (unpaired) electrons. The highest BCUT2D eigenvalue weighted by Gasteiger charge is 2.29. The maximum Gasteiger partial charge on any atom is 0.337 e. The van der Waals surface area contributed by atoms with Crippen LogP contribution < -0.4 is 15.5 Å². The second-order valence-corrected chi connectivity index (χ2v) is 10.7. The van der Waals surface area contributed by atoms with Crippen molar-refractivity contribution < 1.29 is 23.9 Å². The van der Waals surface area contributed by atoms with E-state index in [1.165, 1.54) is 16.9 Å². The number of hydrogen-bond donors (Lipinski definition) is 2. The number of nitrogens with zero attached hydrogens (tertiary/aromatic N) is 3. The lowest BCUT2D eigenvalue weighted by atomic mass is 9.99. The van der Waals surface area contributed by atoms with Crippen LogP contribution in [0, 0.1) is 0 Å². The number of anilines is 3. The van der Waals surface area contributed by atoms with Crippen molar-refractivity contribution >= 4 is 52.0 Å². The minimum Gasteiger partial charge on any atom is -0.465 e. The highest BCUT2D eigenvalue weighted by atomic mass is 16.5. The summed E-state index contributed by atoms with van der Waals surface area (Å²) in [6, 6.07) is 21.6. The maximum atomic E-state index is 13.3. The van der Waals surface area contributed by atoms with E-state index in [-0.39, 0.29) is 24.3 Å². The summed E-state index contributed by atoms with van der Waals surface area (Å²) < 4.78 is 4.82. The van der Waals surface area contributed by atoms with Crippen LogP contribution in [0.25, 0.3) is 11.3 Å². The lowest BCUT2D eigenvalue weighted by Crippen LogP contribution is -2.40. The number of nitrogens with one attached hydrogen (secondary N) is 2. The molecule has 0 aromatic heterocycles. The molecule has 4 rings (SSSR count). The molecule has 10 heteroatoms. The first-order valence-corrected chi connectivity index (χ1v) is 13.9. The number of benzene rings is 3. The van der Waals surface area contributed by atoms with Crippen LogP contribution in [0.3, 0.4) is 0 Å². The van der Waals surface area contributed by atoms with Crippen LogP contribution in [0.5, 0.6) is 0 Å². The van der Waals surface area contributed by atoms with Crippen LogP contribution >= 0.6 is 0 Å². The number of esters is 1. The van der Waals surface area contributed by atoms with Crippen LogP contribution in [-0.4, -0.2) is 81.9 Å². The third-order valence-corrected chi connectivity index (χ3v) is 7.04. The first kappa shape index (κ1) is 31.0. The quantitative estimate of drug-likeness (QED) is 0.258. The Morgan fingerprint density at radius 2 is 1.56 bits per heavy atom. The van der Waals surface area contributed by atoms with Gasteiger partial charge >= 0.3 is 5.97 Å². The summed E-state index contributed by atoms with van der Waals surface area (Å²) in [6.07, 6.45) is 0.992. The monoisotopic (exact) mass is 583 g/mol. The standard InChI is InChI=1S/C33H37N5O5/c1-36(2)19-9-12-28(39)38(21-29(40)37(3)4)25-16-14-24(15-17-25)34-31(22-10-7-6-8-11-22)30-26-18-13-23(33(42)43-5)20-27(26)35-32(30)41/h6-8,10-11,13-18,20,34H,9,12,19,21H2,1-5H3,(H,35,41)/b31-30-. The number of methoxy groups -OCH3 is 1. The van der Waals surface area contributed by atoms with E-state index >= 15 is 0 Å². The molecule has 0 saturated heterocycles. The van der Waals surface area contributed by atoms with Crippen molar-refractivity contribution in [2.45, 2.75) is 12.8 Å². The first-order valence-electron chi connectivity index (χ1n) is 13.9. The molecule has 1 aliphatic heterocycles. The second-order valence-electron chi connectivity index (χ2n) is 10.7. The number of hydrogen-bond acceptors (Lipinski definition) is 7. The van der Waals surface area contributed by atoms with Crippen molar-refractivity contribution in [2.24, 2.45) is 0 Å². The van der Waals surface area contributed by atoms with Gasteiger partial charge in [0.25, 0.3) is 5.91 Å². The Balaban J connectivity index is 1.68. The van der Waals surface area contributed by atoms with Gasteiger partial charge in [0.15, 0.2) is 0 Å². The predicted molar refractivity (Wildman–Crippen MR) is 169 cm³/mol. The number of carbonyl (C=O) groups is 4. The maximum absolute atomic E-state index is 13.3. The number of ether oxygens (including phenoxy) is 1. The molecule has 1 aliphatic rings. The summed E-state index contributed by atoms with van der Waals surface area (Å²) in [5, 5.41) is 6.26. The zero-order chi connectivity index (χ0) is 31.1. The number of carbonyl (C=O) groups excluding carboxylic acids is 4.